The number of hydrogen-bond acceptors (Lipinski definition) is 0. The van der Waals surface area contributed by atoms with Crippen LogP contribution in [0.15, 0.2) is 17.9 Å². The fourth-order valence-electron chi connectivity index (χ4n) is 0.994. The van der Waals surface area contributed by atoms with Crippen molar-refractivity contribution in [1.29, 1.82) is 0 Å². The lowest BCUT2D eigenvalue weighted by atomic mass is 10.1. The number of hydrogen-bond donors (Lipinski definition) is 0. The summed E-state index contributed by atoms with van der Waals surface area (Å²) in [5.74, 6) is 0. The van der Waals surface area contributed by atoms with Gasteiger partial charge in [0.15, 0.2) is 0 Å². The van der Waals surface area contributed by atoms with Gasteiger partial charge in [0, 0.05) is 0 Å². The molecule has 10 heavy (non-hydrogen) atoms. The van der Waals surface area contributed by atoms with Crippen molar-refractivity contribution in [2.45, 2.75) is 46.0 Å². The molecule has 0 nitrogen and oxygen atoms in total. The second kappa shape index (κ2) is 6.64. The Hall–Kier alpha value is -0.480. The van der Waals surface area contributed by atoms with Gasteiger partial charge in [-0.05, 0) is 24.8 Å². The third-order valence-corrected chi connectivity index (χ3v) is 1.63. The molecule has 0 unspecified atom stereocenters. The molecular weight excluding hydrogens is 120 g/mol. The van der Waals surface area contributed by atoms with E-state index in [1.807, 2.05) is 0 Å². The summed E-state index contributed by atoms with van der Waals surface area (Å²) in [6.07, 6.45) is 6.17. The molecular formula is C10H18. The van der Waals surface area contributed by atoms with Crippen LogP contribution in [0, 0.1) is 0 Å². The highest BCUT2D eigenvalue weighted by molar-refractivity contribution is 4.98. The molecule has 0 rings (SSSR count). The van der Waals surface area contributed by atoms with E-state index in [9.17, 15) is 0 Å². The lowest BCUT2D eigenvalue weighted by Gasteiger charge is -1.99. The van der Waals surface area contributed by atoms with Crippen molar-refractivity contribution in [2.24, 2.45) is 0 Å². The maximum atomic E-state index is 3.67. The van der Waals surface area contributed by atoms with Gasteiger partial charge < -0.3 is 0 Å². The summed E-state index contributed by atoms with van der Waals surface area (Å²) < 4.78 is 0. The molecule has 0 saturated carbocycles. The van der Waals surface area contributed by atoms with E-state index < -0.39 is 0 Å². The molecule has 0 heterocycles. The third kappa shape index (κ3) is 4.40. The Labute approximate surface area is 64.6 Å². The molecule has 0 bridgehead atoms. The van der Waals surface area contributed by atoms with E-state index >= 15 is 0 Å². The zero-order chi connectivity index (χ0) is 7.82. The van der Waals surface area contributed by atoms with E-state index in [0.717, 1.165) is 0 Å². The highest BCUT2D eigenvalue weighted by Gasteiger charge is 1.92. The van der Waals surface area contributed by atoms with Crippen molar-refractivity contribution >= 4 is 0 Å². The minimum Gasteiger partial charge on any atom is -0.130 e. The first-order chi connectivity index (χ1) is 4.85. The lowest BCUT2D eigenvalue weighted by Crippen LogP contribution is -1.80. The maximum absolute atomic E-state index is 3.67. The Bertz CT molecular complexity index is 116. The van der Waals surface area contributed by atoms with Crippen molar-refractivity contribution in [3.63, 3.8) is 0 Å². The highest BCUT2D eigenvalue weighted by atomic mass is 14.0. The minimum absolute atomic E-state index is 1.18. The lowest BCUT2D eigenvalue weighted by molar-refractivity contribution is 0.745. The molecule has 0 aromatic carbocycles. The molecule has 0 spiro atoms. The second-order valence-corrected chi connectivity index (χ2v) is 2.63. The topological polar surface area (TPSA) is 0 Å². The van der Waals surface area contributed by atoms with Crippen molar-refractivity contribution < 1.29 is 0 Å². The van der Waals surface area contributed by atoms with Gasteiger partial charge in [-0.3, -0.25) is 0 Å². The van der Waals surface area contributed by atoms with Crippen LogP contribution in [0.1, 0.15) is 46.0 Å². The fourth-order valence-corrected chi connectivity index (χ4v) is 0.994. The first-order valence-corrected chi connectivity index (χ1v) is 4.22. The van der Waals surface area contributed by atoms with Crippen molar-refractivity contribution in [2.75, 3.05) is 0 Å². The Balaban J connectivity index is 3.52. The summed E-state index contributed by atoms with van der Waals surface area (Å²) in [5.41, 5.74) is 4.41. The van der Waals surface area contributed by atoms with Crippen LogP contribution in [0.5, 0.6) is 0 Å². The smallest absolute Gasteiger partial charge is 0.0244 e. The molecule has 0 atom stereocenters. The molecule has 0 aliphatic carbocycles. The SMILES string of the molecule is C=C=C(CCC)CCCC. The summed E-state index contributed by atoms with van der Waals surface area (Å²) in [6.45, 7) is 8.08. The zero-order valence-corrected chi connectivity index (χ0v) is 7.24. The van der Waals surface area contributed by atoms with E-state index in [2.05, 4.69) is 26.2 Å². The van der Waals surface area contributed by atoms with Gasteiger partial charge in [0.25, 0.3) is 0 Å². The van der Waals surface area contributed by atoms with E-state index in [4.69, 9.17) is 0 Å². The monoisotopic (exact) mass is 138 g/mol. The Morgan fingerprint density at radius 3 is 2.30 bits per heavy atom. The van der Waals surface area contributed by atoms with Gasteiger partial charge in [-0.15, -0.1) is 5.73 Å². The van der Waals surface area contributed by atoms with E-state index in [0.29, 0.717) is 0 Å². The zero-order valence-electron chi connectivity index (χ0n) is 7.24. The van der Waals surface area contributed by atoms with Crippen LogP contribution in [0.4, 0.5) is 0 Å². The summed E-state index contributed by atoms with van der Waals surface area (Å²) >= 11 is 0. The summed E-state index contributed by atoms with van der Waals surface area (Å²) in [4.78, 5) is 0. The molecule has 0 aliphatic rings. The molecule has 0 radical (unpaired) electrons. The molecule has 0 heteroatoms. The molecule has 0 aliphatic heterocycles. The molecule has 0 amide bonds. The normalized spacial score (nSPS) is 9.00. The number of allylic oxidation sites excluding steroid dienone is 1. The van der Waals surface area contributed by atoms with Gasteiger partial charge in [-0.1, -0.05) is 33.3 Å². The average molecular weight is 138 g/mol. The average Bonchev–Trinajstić information content (AvgIpc) is 1.98. The Morgan fingerprint density at radius 2 is 1.90 bits per heavy atom. The Morgan fingerprint density at radius 1 is 1.20 bits per heavy atom. The minimum atomic E-state index is 1.18. The third-order valence-electron chi connectivity index (χ3n) is 1.63. The summed E-state index contributed by atoms with van der Waals surface area (Å²) in [7, 11) is 0. The van der Waals surface area contributed by atoms with E-state index in [1.165, 1.54) is 37.7 Å². The Kier molecular flexibility index (Phi) is 6.32. The van der Waals surface area contributed by atoms with Gasteiger partial charge in [0.05, 0.1) is 0 Å². The standard InChI is InChI=1S/C10H18/c1-4-7-9-10(6-3)8-5-2/h3-5,7-9H2,1-2H3. The number of rotatable bonds is 5. The van der Waals surface area contributed by atoms with Gasteiger partial charge in [0.2, 0.25) is 0 Å². The predicted molar refractivity (Wildman–Crippen MR) is 47.1 cm³/mol. The van der Waals surface area contributed by atoms with Crippen molar-refractivity contribution in [1.82, 2.24) is 0 Å². The molecule has 0 aromatic heterocycles. The molecule has 0 fully saturated rings. The molecule has 0 saturated heterocycles. The molecule has 0 N–H and O–H groups in total. The number of unbranched alkanes of at least 4 members (excludes halogenated alkanes) is 1. The molecule has 58 valence electrons. The van der Waals surface area contributed by atoms with Crippen LogP contribution >= 0.6 is 0 Å². The summed E-state index contributed by atoms with van der Waals surface area (Å²) in [5, 5.41) is 0. The van der Waals surface area contributed by atoms with Crippen LogP contribution in [0.25, 0.3) is 0 Å². The van der Waals surface area contributed by atoms with Gasteiger partial charge >= 0.3 is 0 Å². The van der Waals surface area contributed by atoms with E-state index in [-0.39, 0.29) is 0 Å². The largest absolute Gasteiger partial charge is 0.130 e. The highest BCUT2D eigenvalue weighted by Crippen LogP contribution is 2.11. The molecule has 0 aromatic rings. The predicted octanol–water partition coefficient (Wildman–Crippen LogP) is 3.69. The van der Waals surface area contributed by atoms with Gasteiger partial charge in [0.1, 0.15) is 0 Å². The summed E-state index contributed by atoms with van der Waals surface area (Å²) in [6, 6.07) is 0. The van der Waals surface area contributed by atoms with Crippen LogP contribution < -0.4 is 0 Å². The first kappa shape index (κ1) is 9.52. The van der Waals surface area contributed by atoms with Crippen LogP contribution in [-0.4, -0.2) is 0 Å². The fraction of sp³-hybridized carbons (Fsp3) is 0.700. The van der Waals surface area contributed by atoms with Crippen molar-refractivity contribution in [3.8, 4) is 0 Å². The first-order valence-electron chi connectivity index (χ1n) is 4.22. The van der Waals surface area contributed by atoms with Crippen LogP contribution in [0.3, 0.4) is 0 Å². The van der Waals surface area contributed by atoms with Crippen LogP contribution in [0.2, 0.25) is 0 Å². The maximum Gasteiger partial charge on any atom is -0.0244 e. The van der Waals surface area contributed by atoms with Gasteiger partial charge in [-0.2, -0.15) is 0 Å². The second-order valence-electron chi connectivity index (χ2n) is 2.63. The van der Waals surface area contributed by atoms with Gasteiger partial charge in [-0.25, -0.2) is 0 Å². The van der Waals surface area contributed by atoms with Crippen LogP contribution in [-0.2, 0) is 0 Å². The quantitative estimate of drug-likeness (QED) is 0.508. The van der Waals surface area contributed by atoms with E-state index in [1.54, 1.807) is 0 Å². The van der Waals surface area contributed by atoms with Crippen molar-refractivity contribution in [3.05, 3.63) is 17.9 Å².